The van der Waals surface area contributed by atoms with Crippen LogP contribution in [0.5, 0.6) is 23.0 Å². The molecule has 0 radical (unpaired) electrons. The molecule has 0 N–H and O–H groups in total. The Hall–Kier alpha value is -2.54. The van der Waals surface area contributed by atoms with Gasteiger partial charge in [-0.3, -0.25) is 4.79 Å². The first-order valence-corrected chi connectivity index (χ1v) is 10.1. The second-order valence-corrected chi connectivity index (χ2v) is 7.24. The summed E-state index contributed by atoms with van der Waals surface area (Å²) < 4.78 is 21.8. The Bertz CT molecular complexity index is 826. The molecule has 0 aromatic heterocycles. The Kier molecular flexibility index (Phi) is 6.92. The number of ether oxygens (including phenoxy) is 4. The fraction of sp³-hybridized carbons (Fsp3) is 0.381. The highest BCUT2D eigenvalue weighted by molar-refractivity contribution is 8.00. The molecule has 0 fully saturated rings. The van der Waals surface area contributed by atoms with Crippen molar-refractivity contribution in [2.45, 2.75) is 18.4 Å². The van der Waals surface area contributed by atoms with Crippen LogP contribution >= 0.6 is 11.8 Å². The highest BCUT2D eigenvalue weighted by Crippen LogP contribution is 2.34. The summed E-state index contributed by atoms with van der Waals surface area (Å²) >= 11 is 1.50. The molecule has 0 atom stereocenters. The van der Waals surface area contributed by atoms with Gasteiger partial charge in [0.25, 0.3) is 0 Å². The third kappa shape index (κ3) is 4.84. The Morgan fingerprint density at radius 1 is 1.04 bits per heavy atom. The highest BCUT2D eigenvalue weighted by Gasteiger charge is 2.16. The van der Waals surface area contributed by atoms with E-state index in [-0.39, 0.29) is 5.91 Å². The van der Waals surface area contributed by atoms with E-state index in [1.54, 1.807) is 14.2 Å². The Labute approximate surface area is 169 Å². The molecule has 0 saturated carbocycles. The Morgan fingerprint density at radius 2 is 1.79 bits per heavy atom. The molecule has 0 unspecified atom stereocenters. The van der Waals surface area contributed by atoms with Gasteiger partial charge in [-0.2, -0.15) is 0 Å². The maximum absolute atomic E-state index is 12.7. The van der Waals surface area contributed by atoms with Crippen molar-refractivity contribution >= 4 is 17.7 Å². The van der Waals surface area contributed by atoms with Crippen LogP contribution in [0.1, 0.15) is 12.5 Å². The minimum absolute atomic E-state index is 0.0807. The van der Waals surface area contributed by atoms with Crippen LogP contribution in [0.15, 0.2) is 41.3 Å². The fourth-order valence-electron chi connectivity index (χ4n) is 2.93. The number of fused-ring (bicyclic) bond motifs is 1. The van der Waals surface area contributed by atoms with E-state index in [0.29, 0.717) is 43.6 Å². The zero-order valence-corrected chi connectivity index (χ0v) is 17.2. The van der Waals surface area contributed by atoms with Crippen LogP contribution in [0.4, 0.5) is 0 Å². The minimum Gasteiger partial charge on any atom is -0.493 e. The van der Waals surface area contributed by atoms with Crippen LogP contribution in [0.25, 0.3) is 0 Å². The van der Waals surface area contributed by atoms with E-state index in [1.165, 1.54) is 11.8 Å². The first kappa shape index (κ1) is 20.2. The van der Waals surface area contributed by atoms with Gasteiger partial charge < -0.3 is 23.8 Å². The fourth-order valence-corrected chi connectivity index (χ4v) is 3.75. The molecule has 1 heterocycles. The maximum Gasteiger partial charge on any atom is 0.233 e. The molecule has 7 heteroatoms. The van der Waals surface area contributed by atoms with Gasteiger partial charge in [0.2, 0.25) is 5.91 Å². The predicted molar refractivity (Wildman–Crippen MR) is 109 cm³/mol. The number of benzene rings is 2. The van der Waals surface area contributed by atoms with Gasteiger partial charge in [-0.05, 0) is 42.8 Å². The van der Waals surface area contributed by atoms with E-state index < -0.39 is 0 Å². The second kappa shape index (κ2) is 9.59. The second-order valence-electron chi connectivity index (χ2n) is 6.19. The summed E-state index contributed by atoms with van der Waals surface area (Å²) in [5, 5.41) is 0. The summed E-state index contributed by atoms with van der Waals surface area (Å²) in [7, 11) is 3.21. The molecular formula is C21H25NO5S. The van der Waals surface area contributed by atoms with Crippen LogP contribution in [-0.2, 0) is 11.3 Å². The van der Waals surface area contributed by atoms with Gasteiger partial charge in [0, 0.05) is 18.0 Å². The molecule has 6 nitrogen and oxygen atoms in total. The number of hydrogen-bond donors (Lipinski definition) is 0. The number of carbonyl (C=O) groups is 1. The van der Waals surface area contributed by atoms with Crippen LogP contribution < -0.4 is 18.9 Å². The minimum atomic E-state index is 0.0807. The number of rotatable bonds is 8. The number of carbonyl (C=O) groups excluding carboxylic acids is 1. The summed E-state index contributed by atoms with van der Waals surface area (Å²) in [6, 6.07) is 11.5. The lowest BCUT2D eigenvalue weighted by Gasteiger charge is -2.22. The van der Waals surface area contributed by atoms with E-state index in [9.17, 15) is 4.79 Å². The van der Waals surface area contributed by atoms with Gasteiger partial charge in [-0.25, -0.2) is 0 Å². The van der Waals surface area contributed by atoms with Crippen molar-refractivity contribution in [3.63, 3.8) is 0 Å². The molecule has 28 heavy (non-hydrogen) atoms. The van der Waals surface area contributed by atoms with Crippen molar-refractivity contribution in [3.8, 4) is 23.0 Å². The molecule has 2 aromatic rings. The van der Waals surface area contributed by atoms with Crippen LogP contribution in [0.3, 0.4) is 0 Å². The molecule has 150 valence electrons. The Morgan fingerprint density at radius 3 is 2.50 bits per heavy atom. The first-order valence-electron chi connectivity index (χ1n) is 9.15. The number of amides is 1. The summed E-state index contributed by atoms with van der Waals surface area (Å²) in [5.41, 5.74) is 0.997. The molecule has 1 amide bonds. The van der Waals surface area contributed by atoms with Crippen molar-refractivity contribution in [2.75, 3.05) is 39.7 Å². The third-order valence-corrected chi connectivity index (χ3v) is 5.41. The SMILES string of the molecule is CCN(Cc1ccc(OC)c(OC)c1)C(=O)CSc1ccc2c(c1)OCCO2. The lowest BCUT2D eigenvalue weighted by Crippen LogP contribution is -2.31. The monoisotopic (exact) mass is 403 g/mol. The maximum atomic E-state index is 12.7. The third-order valence-electron chi connectivity index (χ3n) is 4.43. The molecule has 1 aliphatic rings. The summed E-state index contributed by atoms with van der Waals surface area (Å²) in [6.45, 7) is 4.26. The summed E-state index contributed by atoms with van der Waals surface area (Å²) in [4.78, 5) is 15.5. The molecule has 1 aliphatic heterocycles. The van der Waals surface area contributed by atoms with Crippen LogP contribution in [0.2, 0.25) is 0 Å². The van der Waals surface area contributed by atoms with Crippen molar-refractivity contribution in [3.05, 3.63) is 42.0 Å². The van der Waals surface area contributed by atoms with Gasteiger partial charge in [0.05, 0.1) is 20.0 Å². The van der Waals surface area contributed by atoms with Crippen LogP contribution in [0, 0.1) is 0 Å². The molecule has 0 saturated heterocycles. The van der Waals surface area contributed by atoms with E-state index in [0.717, 1.165) is 22.0 Å². The molecule has 0 bridgehead atoms. The van der Waals surface area contributed by atoms with Crippen molar-refractivity contribution in [1.29, 1.82) is 0 Å². The van der Waals surface area contributed by atoms with E-state index in [2.05, 4.69) is 0 Å². The molecule has 0 spiro atoms. The molecule has 0 aliphatic carbocycles. The zero-order valence-electron chi connectivity index (χ0n) is 16.4. The molecular weight excluding hydrogens is 378 g/mol. The van der Waals surface area contributed by atoms with Crippen molar-refractivity contribution in [2.24, 2.45) is 0 Å². The average Bonchev–Trinajstić information content (AvgIpc) is 2.75. The smallest absolute Gasteiger partial charge is 0.233 e. The summed E-state index contributed by atoms with van der Waals surface area (Å²) in [6.07, 6.45) is 0. The average molecular weight is 404 g/mol. The van der Waals surface area contributed by atoms with E-state index in [1.807, 2.05) is 48.2 Å². The quantitative estimate of drug-likeness (QED) is 0.628. The van der Waals surface area contributed by atoms with Crippen LogP contribution in [-0.4, -0.2) is 50.5 Å². The number of nitrogens with zero attached hydrogens (tertiary/aromatic N) is 1. The molecule has 2 aromatic carbocycles. The van der Waals surface area contributed by atoms with Gasteiger partial charge in [0.1, 0.15) is 13.2 Å². The summed E-state index contributed by atoms with van der Waals surface area (Å²) in [5.74, 6) is 3.27. The van der Waals surface area contributed by atoms with Gasteiger partial charge in [-0.1, -0.05) is 6.07 Å². The standard InChI is InChI=1S/C21H25NO5S/c1-4-22(13-15-5-7-17(24-2)19(11-15)25-3)21(23)14-28-16-6-8-18-20(12-16)27-10-9-26-18/h5-8,11-12H,4,9-10,13-14H2,1-3H3. The largest absolute Gasteiger partial charge is 0.493 e. The molecule has 3 rings (SSSR count). The normalized spacial score (nSPS) is 12.4. The topological polar surface area (TPSA) is 57.2 Å². The van der Waals surface area contributed by atoms with Gasteiger partial charge in [0.15, 0.2) is 23.0 Å². The number of hydrogen-bond acceptors (Lipinski definition) is 6. The van der Waals surface area contributed by atoms with Crippen molar-refractivity contribution < 1.29 is 23.7 Å². The van der Waals surface area contributed by atoms with E-state index >= 15 is 0 Å². The van der Waals surface area contributed by atoms with Gasteiger partial charge in [-0.15, -0.1) is 11.8 Å². The van der Waals surface area contributed by atoms with Crippen molar-refractivity contribution in [1.82, 2.24) is 4.90 Å². The number of thioether (sulfide) groups is 1. The highest BCUT2D eigenvalue weighted by atomic mass is 32.2. The predicted octanol–water partition coefficient (Wildman–Crippen LogP) is 3.62. The zero-order chi connectivity index (χ0) is 19.9. The lowest BCUT2D eigenvalue weighted by molar-refractivity contribution is -0.128. The van der Waals surface area contributed by atoms with Gasteiger partial charge >= 0.3 is 0 Å². The lowest BCUT2D eigenvalue weighted by atomic mass is 10.2. The number of methoxy groups -OCH3 is 2. The van der Waals surface area contributed by atoms with E-state index in [4.69, 9.17) is 18.9 Å². The first-order chi connectivity index (χ1) is 13.6. The Balaban J connectivity index is 1.60.